The number of alkyl halides is 1. The van der Waals surface area contributed by atoms with Gasteiger partial charge in [0.2, 0.25) is 0 Å². The highest BCUT2D eigenvalue weighted by atomic mass is 79.9. The Hall–Kier alpha value is -1.17. The Bertz CT molecular complexity index is 409. The number of nitrogens with zero attached hydrogens (tertiary/aromatic N) is 1. The number of pyridine rings is 1. The van der Waals surface area contributed by atoms with Crippen LogP contribution in [0.2, 0.25) is 0 Å². The summed E-state index contributed by atoms with van der Waals surface area (Å²) in [7, 11) is 0. The molecule has 1 fully saturated rings. The monoisotopic (exact) mass is 287 g/mol. The number of hydrogen-bond acceptors (Lipinski definition) is 2. The molecular formula is C10H11BrFN3O. The standard InChI is InChI=1S/C10H11BrFN3O/c11-5-6-3-4-13-9(8(6)12)15-10(16)14-7-1-2-7/h3-4,7H,1-2,5H2,(H2,13,14,15,16). The second-order valence-electron chi connectivity index (χ2n) is 3.64. The van der Waals surface area contributed by atoms with Gasteiger partial charge in [0.15, 0.2) is 11.6 Å². The number of aromatic nitrogens is 1. The summed E-state index contributed by atoms with van der Waals surface area (Å²) < 4.78 is 13.7. The number of rotatable bonds is 3. The molecule has 1 heterocycles. The lowest BCUT2D eigenvalue weighted by molar-refractivity contribution is 0.251. The maximum atomic E-state index is 13.7. The summed E-state index contributed by atoms with van der Waals surface area (Å²) in [6.45, 7) is 0. The van der Waals surface area contributed by atoms with E-state index in [9.17, 15) is 9.18 Å². The minimum Gasteiger partial charge on any atom is -0.335 e. The quantitative estimate of drug-likeness (QED) is 0.839. The molecule has 0 atom stereocenters. The number of amides is 2. The van der Waals surface area contributed by atoms with Crippen molar-refractivity contribution in [1.29, 1.82) is 0 Å². The summed E-state index contributed by atoms with van der Waals surface area (Å²) in [6, 6.07) is 1.40. The van der Waals surface area contributed by atoms with Gasteiger partial charge in [-0.05, 0) is 18.9 Å². The van der Waals surface area contributed by atoms with E-state index in [2.05, 4.69) is 31.5 Å². The Kier molecular flexibility index (Phi) is 3.38. The van der Waals surface area contributed by atoms with Crippen LogP contribution in [0.3, 0.4) is 0 Å². The number of carbonyl (C=O) groups excluding carboxylic acids is 1. The van der Waals surface area contributed by atoms with Crippen LogP contribution in [0.15, 0.2) is 12.3 Å². The third kappa shape index (κ3) is 2.69. The van der Waals surface area contributed by atoms with Crippen molar-refractivity contribution in [2.75, 3.05) is 5.32 Å². The molecule has 1 aromatic rings. The minimum absolute atomic E-state index is 0.0323. The molecule has 6 heteroatoms. The molecule has 1 aliphatic rings. The van der Waals surface area contributed by atoms with Gasteiger partial charge in [0.05, 0.1) is 0 Å². The summed E-state index contributed by atoms with van der Waals surface area (Å²) in [5, 5.41) is 5.49. The average Bonchev–Trinajstić information content (AvgIpc) is 3.05. The Morgan fingerprint density at radius 3 is 3.00 bits per heavy atom. The van der Waals surface area contributed by atoms with E-state index in [1.165, 1.54) is 6.20 Å². The Morgan fingerprint density at radius 1 is 1.62 bits per heavy atom. The molecule has 2 N–H and O–H groups in total. The van der Waals surface area contributed by atoms with Gasteiger partial charge in [-0.15, -0.1) is 0 Å². The molecule has 0 aromatic carbocycles. The highest BCUT2D eigenvalue weighted by Gasteiger charge is 2.23. The first-order valence-electron chi connectivity index (χ1n) is 4.97. The number of urea groups is 1. The molecule has 2 amide bonds. The molecule has 1 aliphatic carbocycles. The molecule has 0 saturated heterocycles. The zero-order valence-electron chi connectivity index (χ0n) is 8.46. The number of hydrogen-bond donors (Lipinski definition) is 2. The van der Waals surface area contributed by atoms with Crippen LogP contribution in [0.1, 0.15) is 18.4 Å². The summed E-state index contributed by atoms with van der Waals surface area (Å²) in [6.07, 6.45) is 3.45. The molecule has 0 radical (unpaired) electrons. The topological polar surface area (TPSA) is 54.0 Å². The maximum absolute atomic E-state index is 13.7. The number of halogens is 2. The normalized spacial score (nSPS) is 14.6. The van der Waals surface area contributed by atoms with Crippen molar-refractivity contribution in [2.24, 2.45) is 0 Å². The van der Waals surface area contributed by atoms with E-state index in [0.29, 0.717) is 10.9 Å². The number of anilines is 1. The molecule has 1 aromatic heterocycles. The van der Waals surface area contributed by atoms with E-state index < -0.39 is 11.8 Å². The van der Waals surface area contributed by atoms with Gasteiger partial charge in [0.1, 0.15) is 0 Å². The summed E-state index contributed by atoms with van der Waals surface area (Å²) in [5.41, 5.74) is 0.469. The first-order chi connectivity index (χ1) is 7.70. The zero-order chi connectivity index (χ0) is 11.5. The van der Waals surface area contributed by atoms with Crippen LogP contribution in [-0.4, -0.2) is 17.1 Å². The first kappa shape index (κ1) is 11.3. The Morgan fingerprint density at radius 2 is 2.38 bits per heavy atom. The lowest BCUT2D eigenvalue weighted by Crippen LogP contribution is -2.31. The van der Waals surface area contributed by atoms with Crippen LogP contribution in [0, 0.1) is 5.82 Å². The lowest BCUT2D eigenvalue weighted by atomic mass is 10.3. The molecule has 4 nitrogen and oxygen atoms in total. The average molecular weight is 288 g/mol. The third-order valence-electron chi connectivity index (χ3n) is 2.26. The van der Waals surface area contributed by atoms with E-state index >= 15 is 0 Å². The predicted molar refractivity (Wildman–Crippen MR) is 62.0 cm³/mol. The SMILES string of the molecule is O=C(Nc1nccc(CBr)c1F)NC1CC1. The summed E-state index contributed by atoms with van der Waals surface area (Å²) in [4.78, 5) is 15.2. The summed E-state index contributed by atoms with van der Waals surface area (Å²) in [5.74, 6) is -0.527. The van der Waals surface area contributed by atoms with E-state index in [1.54, 1.807) is 6.07 Å². The van der Waals surface area contributed by atoms with Gasteiger partial charge >= 0.3 is 6.03 Å². The predicted octanol–water partition coefficient (Wildman–Crippen LogP) is 2.40. The van der Waals surface area contributed by atoms with Crippen molar-refractivity contribution >= 4 is 27.8 Å². The largest absolute Gasteiger partial charge is 0.335 e. The molecular weight excluding hydrogens is 277 g/mol. The van der Waals surface area contributed by atoms with Gasteiger partial charge in [-0.2, -0.15) is 0 Å². The molecule has 0 spiro atoms. The van der Waals surface area contributed by atoms with Gasteiger partial charge in [0, 0.05) is 23.1 Å². The molecule has 0 bridgehead atoms. The van der Waals surface area contributed by atoms with Gasteiger partial charge in [-0.25, -0.2) is 14.2 Å². The fourth-order valence-electron chi connectivity index (χ4n) is 1.23. The fraction of sp³-hybridized carbons (Fsp3) is 0.400. The van der Waals surface area contributed by atoms with Crippen molar-refractivity contribution in [3.8, 4) is 0 Å². The molecule has 16 heavy (non-hydrogen) atoms. The van der Waals surface area contributed by atoms with Gasteiger partial charge in [-0.3, -0.25) is 5.32 Å². The highest BCUT2D eigenvalue weighted by Crippen LogP contribution is 2.20. The third-order valence-corrected chi connectivity index (χ3v) is 2.86. The van der Waals surface area contributed by atoms with Gasteiger partial charge in [-0.1, -0.05) is 15.9 Å². The highest BCUT2D eigenvalue weighted by molar-refractivity contribution is 9.08. The first-order valence-corrected chi connectivity index (χ1v) is 6.09. The van der Waals surface area contributed by atoms with E-state index in [4.69, 9.17) is 0 Å². The van der Waals surface area contributed by atoms with Crippen molar-refractivity contribution < 1.29 is 9.18 Å². The van der Waals surface area contributed by atoms with Crippen molar-refractivity contribution in [2.45, 2.75) is 24.2 Å². The molecule has 1 saturated carbocycles. The maximum Gasteiger partial charge on any atom is 0.320 e. The van der Waals surface area contributed by atoms with Crippen LogP contribution in [0.4, 0.5) is 15.0 Å². The van der Waals surface area contributed by atoms with E-state index in [-0.39, 0.29) is 11.9 Å². The van der Waals surface area contributed by atoms with Crippen LogP contribution < -0.4 is 10.6 Å². The van der Waals surface area contributed by atoms with Crippen molar-refractivity contribution in [3.63, 3.8) is 0 Å². The van der Waals surface area contributed by atoms with Crippen LogP contribution in [0.5, 0.6) is 0 Å². The number of carbonyl (C=O) groups is 1. The summed E-state index contributed by atoms with van der Waals surface area (Å²) >= 11 is 3.16. The molecule has 86 valence electrons. The van der Waals surface area contributed by atoms with Crippen molar-refractivity contribution in [3.05, 3.63) is 23.6 Å². The smallest absolute Gasteiger partial charge is 0.320 e. The van der Waals surface area contributed by atoms with Gasteiger partial charge in [0.25, 0.3) is 0 Å². The second-order valence-corrected chi connectivity index (χ2v) is 4.20. The molecule has 0 aliphatic heterocycles. The van der Waals surface area contributed by atoms with Crippen LogP contribution >= 0.6 is 15.9 Å². The second kappa shape index (κ2) is 4.78. The van der Waals surface area contributed by atoms with Crippen LogP contribution in [0.25, 0.3) is 0 Å². The van der Waals surface area contributed by atoms with Gasteiger partial charge < -0.3 is 5.32 Å². The molecule has 0 unspecified atom stereocenters. The van der Waals surface area contributed by atoms with E-state index in [1.807, 2.05) is 0 Å². The van der Waals surface area contributed by atoms with Crippen molar-refractivity contribution in [1.82, 2.24) is 10.3 Å². The lowest BCUT2D eigenvalue weighted by Gasteiger charge is -2.08. The van der Waals surface area contributed by atoms with Crippen LogP contribution in [-0.2, 0) is 5.33 Å². The van der Waals surface area contributed by atoms with E-state index in [0.717, 1.165) is 12.8 Å². The zero-order valence-corrected chi connectivity index (χ0v) is 10.1. The minimum atomic E-state index is -0.495. The Labute approximate surface area is 101 Å². The fourth-order valence-corrected chi connectivity index (χ4v) is 1.66. The Balaban J connectivity index is 2.04. The molecule has 2 rings (SSSR count). The number of nitrogens with one attached hydrogen (secondary N) is 2.